The maximum atomic E-state index is 12.5. The van der Waals surface area contributed by atoms with E-state index < -0.39 is 6.61 Å². The van der Waals surface area contributed by atoms with Crippen molar-refractivity contribution in [3.8, 4) is 11.5 Å². The summed E-state index contributed by atoms with van der Waals surface area (Å²) >= 11 is 0. The van der Waals surface area contributed by atoms with Crippen LogP contribution in [-0.2, 0) is 6.54 Å². The van der Waals surface area contributed by atoms with Crippen LogP contribution in [0.2, 0.25) is 0 Å². The molecule has 0 radical (unpaired) electrons. The maximum absolute atomic E-state index is 12.5. The molecule has 130 valence electrons. The van der Waals surface area contributed by atoms with E-state index >= 15 is 0 Å². The van der Waals surface area contributed by atoms with Gasteiger partial charge in [-0.3, -0.25) is 0 Å². The van der Waals surface area contributed by atoms with E-state index in [9.17, 15) is 8.78 Å². The number of methoxy groups -OCH3 is 1. The number of halogens is 3. The number of alkyl halides is 2. The van der Waals surface area contributed by atoms with E-state index in [4.69, 9.17) is 10.5 Å². The number of nitrogens with two attached hydrogens (primary N) is 1. The SMILES string of the molecule is COc1ccc(CN=C(N)N2CCCCC2)c(OC(F)F)c1.I. The van der Waals surface area contributed by atoms with Crippen molar-refractivity contribution < 1.29 is 18.3 Å². The Balaban J connectivity index is 0.00000264. The number of hydrogen-bond acceptors (Lipinski definition) is 3. The van der Waals surface area contributed by atoms with Crippen LogP contribution in [0.25, 0.3) is 0 Å². The highest BCUT2D eigenvalue weighted by Gasteiger charge is 2.14. The van der Waals surface area contributed by atoms with Gasteiger partial charge in [0.25, 0.3) is 0 Å². The minimum atomic E-state index is -2.89. The van der Waals surface area contributed by atoms with Crippen LogP contribution in [0.4, 0.5) is 8.78 Å². The Bertz CT molecular complexity index is 523. The third-order valence-electron chi connectivity index (χ3n) is 3.58. The average Bonchev–Trinajstić information content (AvgIpc) is 2.53. The van der Waals surface area contributed by atoms with Crippen LogP contribution < -0.4 is 15.2 Å². The summed E-state index contributed by atoms with van der Waals surface area (Å²) in [4.78, 5) is 6.31. The van der Waals surface area contributed by atoms with Gasteiger partial charge >= 0.3 is 6.61 Å². The second-order valence-corrected chi connectivity index (χ2v) is 5.07. The van der Waals surface area contributed by atoms with Crippen molar-refractivity contribution >= 4 is 29.9 Å². The van der Waals surface area contributed by atoms with Gasteiger partial charge in [0, 0.05) is 24.7 Å². The molecule has 1 fully saturated rings. The number of guanidine groups is 1. The molecule has 1 aliphatic rings. The fraction of sp³-hybridized carbons (Fsp3) is 0.533. The van der Waals surface area contributed by atoms with Crippen molar-refractivity contribution in [2.45, 2.75) is 32.4 Å². The molecule has 0 spiro atoms. The van der Waals surface area contributed by atoms with Crippen molar-refractivity contribution in [1.29, 1.82) is 0 Å². The highest BCUT2D eigenvalue weighted by molar-refractivity contribution is 14.0. The van der Waals surface area contributed by atoms with Gasteiger partial charge in [0.2, 0.25) is 0 Å². The molecule has 0 amide bonds. The normalized spacial score (nSPS) is 15.3. The second-order valence-electron chi connectivity index (χ2n) is 5.07. The summed E-state index contributed by atoms with van der Waals surface area (Å²) < 4.78 is 34.5. The van der Waals surface area contributed by atoms with E-state index in [0.717, 1.165) is 25.9 Å². The molecule has 1 saturated heterocycles. The Labute approximate surface area is 151 Å². The summed E-state index contributed by atoms with van der Waals surface area (Å²) in [6, 6.07) is 4.76. The predicted octanol–water partition coefficient (Wildman–Crippen LogP) is 3.22. The van der Waals surface area contributed by atoms with Crippen LogP contribution in [0.5, 0.6) is 11.5 Å². The number of nitrogens with zero attached hydrogens (tertiary/aromatic N) is 2. The number of hydrogen-bond donors (Lipinski definition) is 1. The van der Waals surface area contributed by atoms with Crippen molar-refractivity contribution in [3.63, 3.8) is 0 Å². The van der Waals surface area contributed by atoms with E-state index in [2.05, 4.69) is 9.73 Å². The molecule has 23 heavy (non-hydrogen) atoms. The Morgan fingerprint density at radius 1 is 1.30 bits per heavy atom. The van der Waals surface area contributed by atoms with E-state index in [1.54, 1.807) is 12.1 Å². The maximum Gasteiger partial charge on any atom is 0.387 e. The molecule has 2 N–H and O–H groups in total. The third kappa shape index (κ3) is 6.00. The minimum absolute atomic E-state index is 0. The molecule has 5 nitrogen and oxygen atoms in total. The first kappa shape index (κ1) is 19.7. The molecule has 1 aliphatic heterocycles. The van der Waals surface area contributed by atoms with Gasteiger partial charge in [-0.05, 0) is 31.4 Å². The quantitative estimate of drug-likeness (QED) is 0.433. The molecule has 0 saturated carbocycles. The summed E-state index contributed by atoms with van der Waals surface area (Å²) in [5.41, 5.74) is 6.51. The molecule has 1 heterocycles. The summed E-state index contributed by atoms with van der Waals surface area (Å²) in [6.45, 7) is -0.931. The predicted molar refractivity (Wildman–Crippen MR) is 95.8 cm³/mol. The molecule has 8 heteroatoms. The smallest absolute Gasteiger partial charge is 0.387 e. The number of rotatable bonds is 5. The van der Waals surface area contributed by atoms with Crippen LogP contribution in [0.3, 0.4) is 0 Å². The lowest BCUT2D eigenvalue weighted by Crippen LogP contribution is -2.40. The molecule has 0 bridgehead atoms. The van der Waals surface area contributed by atoms with E-state index in [0.29, 0.717) is 17.3 Å². The molecule has 1 aromatic rings. The highest BCUT2D eigenvalue weighted by Crippen LogP contribution is 2.27. The molecule has 0 aromatic heterocycles. The van der Waals surface area contributed by atoms with Gasteiger partial charge in [0.1, 0.15) is 11.5 Å². The number of likely N-dealkylation sites (tertiary alicyclic amines) is 1. The number of ether oxygens (including phenoxy) is 2. The van der Waals surface area contributed by atoms with Crippen LogP contribution in [0, 0.1) is 0 Å². The van der Waals surface area contributed by atoms with E-state index in [1.165, 1.54) is 19.6 Å². The standard InChI is InChI=1S/C15H21F2N3O2.HI/c1-21-12-6-5-11(13(9-12)22-14(16)17)10-19-15(18)20-7-3-2-4-8-20;/h5-6,9,14H,2-4,7-8,10H2,1H3,(H2,18,19);1H. The first-order chi connectivity index (χ1) is 10.6. The van der Waals surface area contributed by atoms with Crippen LogP contribution >= 0.6 is 24.0 Å². The zero-order valence-electron chi connectivity index (χ0n) is 13.0. The fourth-order valence-corrected chi connectivity index (χ4v) is 2.39. The first-order valence-electron chi connectivity index (χ1n) is 7.26. The van der Waals surface area contributed by atoms with Gasteiger partial charge in [-0.1, -0.05) is 0 Å². The minimum Gasteiger partial charge on any atom is -0.497 e. The van der Waals surface area contributed by atoms with Gasteiger partial charge in [0.15, 0.2) is 5.96 Å². The second kappa shape index (κ2) is 9.74. The fourth-order valence-electron chi connectivity index (χ4n) is 2.39. The van der Waals surface area contributed by atoms with Gasteiger partial charge < -0.3 is 20.1 Å². The van der Waals surface area contributed by atoms with Gasteiger partial charge in [-0.2, -0.15) is 8.78 Å². The van der Waals surface area contributed by atoms with Crippen molar-refractivity contribution in [1.82, 2.24) is 4.90 Å². The van der Waals surface area contributed by atoms with E-state index in [-0.39, 0.29) is 36.3 Å². The molecule has 0 unspecified atom stereocenters. The number of piperidine rings is 1. The zero-order chi connectivity index (χ0) is 15.9. The number of benzene rings is 1. The Hall–Kier alpha value is -1.32. The first-order valence-corrected chi connectivity index (χ1v) is 7.26. The molecular formula is C15H22F2IN3O2. The van der Waals surface area contributed by atoms with Gasteiger partial charge in [-0.25, -0.2) is 4.99 Å². The van der Waals surface area contributed by atoms with Crippen molar-refractivity contribution in [2.75, 3.05) is 20.2 Å². The van der Waals surface area contributed by atoms with Crippen LogP contribution in [0.1, 0.15) is 24.8 Å². The summed E-state index contributed by atoms with van der Waals surface area (Å²) in [5.74, 6) is 0.954. The van der Waals surface area contributed by atoms with Crippen LogP contribution in [0.15, 0.2) is 23.2 Å². The Morgan fingerprint density at radius 3 is 2.61 bits per heavy atom. The third-order valence-corrected chi connectivity index (χ3v) is 3.58. The molecule has 1 aromatic carbocycles. The van der Waals surface area contributed by atoms with Crippen molar-refractivity contribution in [2.24, 2.45) is 10.7 Å². The number of aliphatic imine (C=N–C) groups is 1. The molecule has 0 aliphatic carbocycles. The monoisotopic (exact) mass is 441 g/mol. The zero-order valence-corrected chi connectivity index (χ0v) is 15.3. The average molecular weight is 441 g/mol. The summed E-state index contributed by atoms with van der Waals surface area (Å²) in [5, 5.41) is 0. The summed E-state index contributed by atoms with van der Waals surface area (Å²) in [7, 11) is 1.47. The van der Waals surface area contributed by atoms with Gasteiger partial charge in [-0.15, -0.1) is 24.0 Å². The van der Waals surface area contributed by atoms with E-state index in [1.807, 2.05) is 4.90 Å². The molecular weight excluding hydrogens is 419 g/mol. The molecule has 0 atom stereocenters. The Morgan fingerprint density at radius 2 is 2.00 bits per heavy atom. The molecule has 2 rings (SSSR count). The lowest BCUT2D eigenvalue weighted by atomic mass is 10.1. The largest absolute Gasteiger partial charge is 0.497 e. The van der Waals surface area contributed by atoms with Gasteiger partial charge in [0.05, 0.1) is 13.7 Å². The lowest BCUT2D eigenvalue weighted by molar-refractivity contribution is -0.0505. The lowest BCUT2D eigenvalue weighted by Gasteiger charge is -2.27. The highest BCUT2D eigenvalue weighted by atomic mass is 127. The topological polar surface area (TPSA) is 60.1 Å². The summed E-state index contributed by atoms with van der Waals surface area (Å²) in [6.07, 6.45) is 3.39. The van der Waals surface area contributed by atoms with Crippen molar-refractivity contribution in [3.05, 3.63) is 23.8 Å². The van der Waals surface area contributed by atoms with Crippen LogP contribution in [-0.4, -0.2) is 37.7 Å². The Kier molecular flexibility index (Phi) is 8.35.